The standard InChI is InChI=1S/C9H8N2O2S/c12-9(13)8-7(1-4-14-8)5-11-3-2-10-6-11/h1-4,6H,5H2,(H,12,13). The summed E-state index contributed by atoms with van der Waals surface area (Å²) in [6.45, 7) is 0.561. The maximum Gasteiger partial charge on any atom is 0.346 e. The van der Waals surface area contributed by atoms with Crippen LogP contribution >= 0.6 is 11.3 Å². The number of imidazole rings is 1. The van der Waals surface area contributed by atoms with E-state index in [4.69, 9.17) is 5.11 Å². The van der Waals surface area contributed by atoms with Crippen molar-refractivity contribution in [2.75, 3.05) is 0 Å². The van der Waals surface area contributed by atoms with E-state index in [-0.39, 0.29) is 0 Å². The third-order valence-corrected chi connectivity index (χ3v) is 2.80. The van der Waals surface area contributed by atoms with Crippen molar-refractivity contribution in [3.05, 3.63) is 40.6 Å². The quantitative estimate of drug-likeness (QED) is 0.835. The largest absolute Gasteiger partial charge is 0.477 e. The van der Waals surface area contributed by atoms with Crippen molar-refractivity contribution >= 4 is 17.3 Å². The van der Waals surface area contributed by atoms with E-state index in [0.29, 0.717) is 11.4 Å². The Hall–Kier alpha value is -1.62. The van der Waals surface area contributed by atoms with Crippen LogP contribution in [0.15, 0.2) is 30.2 Å². The Morgan fingerprint density at radius 2 is 2.50 bits per heavy atom. The van der Waals surface area contributed by atoms with E-state index < -0.39 is 5.97 Å². The van der Waals surface area contributed by atoms with Crippen molar-refractivity contribution in [2.45, 2.75) is 6.54 Å². The maximum absolute atomic E-state index is 10.8. The van der Waals surface area contributed by atoms with E-state index in [0.717, 1.165) is 5.56 Å². The monoisotopic (exact) mass is 208 g/mol. The molecular formula is C9H8N2O2S. The highest BCUT2D eigenvalue weighted by molar-refractivity contribution is 7.12. The van der Waals surface area contributed by atoms with Crippen molar-refractivity contribution in [1.29, 1.82) is 0 Å². The Bertz CT molecular complexity index is 433. The summed E-state index contributed by atoms with van der Waals surface area (Å²) in [5.41, 5.74) is 0.820. The van der Waals surface area contributed by atoms with Gasteiger partial charge in [-0.3, -0.25) is 0 Å². The molecule has 5 heteroatoms. The number of nitrogens with zero attached hydrogens (tertiary/aromatic N) is 2. The molecule has 2 heterocycles. The summed E-state index contributed by atoms with van der Waals surface area (Å²) in [5.74, 6) is -0.866. The number of rotatable bonds is 3. The smallest absolute Gasteiger partial charge is 0.346 e. The van der Waals surface area contributed by atoms with Gasteiger partial charge in [-0.05, 0) is 17.0 Å². The summed E-state index contributed by atoms with van der Waals surface area (Å²) in [6.07, 6.45) is 5.15. The first-order valence-corrected chi connectivity index (χ1v) is 4.91. The van der Waals surface area contributed by atoms with Crippen molar-refractivity contribution in [1.82, 2.24) is 9.55 Å². The van der Waals surface area contributed by atoms with E-state index in [9.17, 15) is 4.79 Å². The molecule has 0 aliphatic rings. The minimum absolute atomic E-state index is 0.402. The van der Waals surface area contributed by atoms with Gasteiger partial charge in [-0.2, -0.15) is 0 Å². The molecule has 0 spiro atoms. The van der Waals surface area contributed by atoms with E-state index in [1.807, 2.05) is 16.8 Å². The first kappa shape index (κ1) is 8.96. The lowest BCUT2D eigenvalue weighted by Crippen LogP contribution is -2.02. The highest BCUT2D eigenvalue weighted by Gasteiger charge is 2.11. The van der Waals surface area contributed by atoms with Crippen LogP contribution in [0.1, 0.15) is 15.2 Å². The van der Waals surface area contributed by atoms with E-state index in [1.54, 1.807) is 17.9 Å². The van der Waals surface area contributed by atoms with Crippen LogP contribution in [0.4, 0.5) is 0 Å². The van der Waals surface area contributed by atoms with Gasteiger partial charge in [0.15, 0.2) is 0 Å². The van der Waals surface area contributed by atoms with Gasteiger partial charge >= 0.3 is 5.97 Å². The highest BCUT2D eigenvalue weighted by atomic mass is 32.1. The molecule has 0 unspecified atom stereocenters. The van der Waals surface area contributed by atoms with Crippen LogP contribution in [0.5, 0.6) is 0 Å². The zero-order valence-corrected chi connectivity index (χ0v) is 8.07. The number of carbonyl (C=O) groups is 1. The molecule has 0 aliphatic heterocycles. The molecule has 0 fully saturated rings. The van der Waals surface area contributed by atoms with Crippen molar-refractivity contribution < 1.29 is 9.90 Å². The lowest BCUT2D eigenvalue weighted by Gasteiger charge is -2.00. The van der Waals surface area contributed by atoms with Crippen LogP contribution < -0.4 is 0 Å². The summed E-state index contributed by atoms with van der Waals surface area (Å²) < 4.78 is 1.84. The summed E-state index contributed by atoms with van der Waals surface area (Å²) in [6, 6.07) is 1.83. The second-order valence-corrected chi connectivity index (χ2v) is 3.73. The minimum Gasteiger partial charge on any atom is -0.477 e. The number of thiophene rings is 1. The van der Waals surface area contributed by atoms with Crippen molar-refractivity contribution in [3.8, 4) is 0 Å². The number of carboxylic acid groups (broad SMARTS) is 1. The first-order chi connectivity index (χ1) is 6.77. The van der Waals surface area contributed by atoms with Crippen LogP contribution in [0.2, 0.25) is 0 Å². The van der Waals surface area contributed by atoms with Crippen LogP contribution in [-0.2, 0) is 6.54 Å². The van der Waals surface area contributed by atoms with Gasteiger partial charge in [0, 0.05) is 12.4 Å². The van der Waals surface area contributed by atoms with Gasteiger partial charge in [0.05, 0.1) is 12.9 Å². The molecule has 0 saturated carbocycles. The van der Waals surface area contributed by atoms with Gasteiger partial charge in [-0.15, -0.1) is 11.3 Å². The zero-order valence-electron chi connectivity index (χ0n) is 7.25. The second-order valence-electron chi connectivity index (χ2n) is 2.82. The Labute approximate surface area is 84.5 Å². The third-order valence-electron chi connectivity index (χ3n) is 1.85. The average molecular weight is 208 g/mol. The van der Waals surface area contributed by atoms with Gasteiger partial charge in [0.2, 0.25) is 0 Å². The third kappa shape index (κ3) is 1.67. The van der Waals surface area contributed by atoms with Gasteiger partial charge < -0.3 is 9.67 Å². The Morgan fingerprint density at radius 1 is 1.64 bits per heavy atom. The van der Waals surface area contributed by atoms with Gasteiger partial charge in [-0.1, -0.05) is 0 Å². The summed E-state index contributed by atoms with van der Waals surface area (Å²) >= 11 is 1.25. The molecule has 0 radical (unpaired) electrons. The molecule has 72 valence electrons. The number of carboxylic acids is 1. The topological polar surface area (TPSA) is 55.1 Å². The van der Waals surface area contributed by atoms with E-state index >= 15 is 0 Å². The first-order valence-electron chi connectivity index (χ1n) is 4.03. The molecule has 2 aromatic rings. The molecule has 0 bridgehead atoms. The molecule has 0 aromatic carbocycles. The van der Waals surface area contributed by atoms with Gasteiger partial charge in [-0.25, -0.2) is 9.78 Å². The lowest BCUT2D eigenvalue weighted by molar-refractivity contribution is 0.0701. The Balaban J connectivity index is 2.25. The molecule has 1 N–H and O–H groups in total. The number of aromatic nitrogens is 2. The zero-order chi connectivity index (χ0) is 9.97. The van der Waals surface area contributed by atoms with Crippen LogP contribution in [0.3, 0.4) is 0 Å². The Kier molecular flexibility index (Phi) is 2.32. The highest BCUT2D eigenvalue weighted by Crippen LogP contribution is 2.17. The van der Waals surface area contributed by atoms with E-state index in [1.165, 1.54) is 11.3 Å². The molecule has 14 heavy (non-hydrogen) atoms. The van der Waals surface area contributed by atoms with Gasteiger partial charge in [0.1, 0.15) is 4.88 Å². The van der Waals surface area contributed by atoms with Crippen LogP contribution in [0, 0.1) is 0 Å². The molecule has 4 nitrogen and oxygen atoms in total. The van der Waals surface area contributed by atoms with Gasteiger partial charge in [0.25, 0.3) is 0 Å². The summed E-state index contributed by atoms with van der Waals surface area (Å²) in [4.78, 5) is 15.1. The number of aromatic carboxylic acids is 1. The Morgan fingerprint density at radius 3 is 3.14 bits per heavy atom. The predicted octanol–water partition coefficient (Wildman–Crippen LogP) is 1.69. The molecule has 2 aromatic heterocycles. The molecule has 0 saturated heterocycles. The molecule has 2 rings (SSSR count). The fourth-order valence-corrected chi connectivity index (χ4v) is 1.98. The van der Waals surface area contributed by atoms with Crippen LogP contribution in [-0.4, -0.2) is 20.6 Å². The second kappa shape index (κ2) is 3.63. The fraction of sp³-hybridized carbons (Fsp3) is 0.111. The molecule has 0 atom stereocenters. The minimum atomic E-state index is -0.866. The number of hydrogen-bond donors (Lipinski definition) is 1. The van der Waals surface area contributed by atoms with Crippen molar-refractivity contribution in [2.24, 2.45) is 0 Å². The van der Waals surface area contributed by atoms with E-state index in [2.05, 4.69) is 4.98 Å². The average Bonchev–Trinajstić information content (AvgIpc) is 2.75. The molecular weight excluding hydrogens is 200 g/mol. The maximum atomic E-state index is 10.8. The SMILES string of the molecule is O=C(O)c1sccc1Cn1ccnc1. The normalized spacial score (nSPS) is 10.3. The predicted molar refractivity (Wildman–Crippen MR) is 52.6 cm³/mol. The molecule has 0 aliphatic carbocycles. The summed E-state index contributed by atoms with van der Waals surface area (Å²) in [5, 5.41) is 10.7. The van der Waals surface area contributed by atoms with Crippen molar-refractivity contribution in [3.63, 3.8) is 0 Å². The summed E-state index contributed by atoms with van der Waals surface area (Å²) in [7, 11) is 0. The number of hydrogen-bond acceptors (Lipinski definition) is 3. The lowest BCUT2D eigenvalue weighted by atomic mass is 10.2. The molecule has 0 amide bonds. The fourth-order valence-electron chi connectivity index (χ4n) is 1.22. The van der Waals surface area contributed by atoms with Crippen LogP contribution in [0.25, 0.3) is 0 Å².